The molecule has 0 spiro atoms. The van der Waals surface area contributed by atoms with Crippen molar-refractivity contribution in [2.24, 2.45) is 0 Å². The van der Waals surface area contributed by atoms with E-state index in [-0.39, 0.29) is 17.4 Å². The summed E-state index contributed by atoms with van der Waals surface area (Å²) in [5.41, 5.74) is 0.339. The maximum atomic E-state index is 11.5. The number of aromatic nitrogens is 1. The van der Waals surface area contributed by atoms with Gasteiger partial charge in [0.2, 0.25) is 0 Å². The molecule has 0 aliphatic rings. The quantitative estimate of drug-likeness (QED) is 0.797. The molecule has 0 atom stereocenters. The molecule has 21 heavy (non-hydrogen) atoms. The van der Waals surface area contributed by atoms with Crippen molar-refractivity contribution in [1.29, 1.82) is 0 Å². The monoisotopic (exact) mass is 328 g/mol. The molecule has 0 aliphatic heterocycles. The van der Waals surface area contributed by atoms with E-state index in [1.165, 1.54) is 23.2 Å². The Morgan fingerprint density at radius 1 is 1.33 bits per heavy atom. The summed E-state index contributed by atoms with van der Waals surface area (Å²) in [6.45, 7) is -0.161. The highest BCUT2D eigenvalue weighted by molar-refractivity contribution is 8.14. The maximum Gasteiger partial charge on any atom is 0.261 e. The van der Waals surface area contributed by atoms with Gasteiger partial charge in [0, 0.05) is 36.4 Å². The van der Waals surface area contributed by atoms with Gasteiger partial charge in [0.1, 0.15) is 11.3 Å². The van der Waals surface area contributed by atoms with Crippen LogP contribution in [0, 0.1) is 0 Å². The number of carbonyl (C=O) groups is 1. The molecule has 2 aromatic rings. The third-order valence-electron chi connectivity index (χ3n) is 2.81. The van der Waals surface area contributed by atoms with Crippen LogP contribution in [-0.2, 0) is 13.8 Å². The van der Waals surface area contributed by atoms with Crippen LogP contribution in [0.25, 0.3) is 10.9 Å². The van der Waals surface area contributed by atoms with Crippen molar-refractivity contribution in [3.05, 3.63) is 30.5 Å². The molecule has 0 bridgehead atoms. The molecule has 0 saturated heterocycles. The van der Waals surface area contributed by atoms with Gasteiger partial charge in [-0.3, -0.25) is 9.78 Å². The number of fused-ring (bicyclic) bond motifs is 1. The van der Waals surface area contributed by atoms with Crippen molar-refractivity contribution in [3.63, 3.8) is 0 Å². The number of carbonyl (C=O) groups excluding carboxylic acids is 1. The van der Waals surface area contributed by atoms with Gasteiger partial charge in [-0.25, -0.2) is 8.42 Å². The average molecular weight is 329 g/mol. The van der Waals surface area contributed by atoms with E-state index in [4.69, 9.17) is 15.4 Å². The van der Waals surface area contributed by atoms with Crippen LogP contribution in [0.3, 0.4) is 0 Å². The summed E-state index contributed by atoms with van der Waals surface area (Å²) < 4.78 is 28.5. The highest BCUT2D eigenvalue weighted by Crippen LogP contribution is 2.31. The van der Waals surface area contributed by atoms with E-state index < -0.39 is 9.05 Å². The number of nitrogens with zero attached hydrogens (tertiary/aromatic N) is 2. The van der Waals surface area contributed by atoms with Crippen LogP contribution in [0.2, 0.25) is 0 Å². The first kappa shape index (κ1) is 15.5. The number of likely N-dealkylation sites (N-methyl/N-ethyl adjacent to an activating group) is 1. The van der Waals surface area contributed by atoms with Crippen LogP contribution in [0.1, 0.15) is 0 Å². The van der Waals surface area contributed by atoms with Crippen LogP contribution >= 0.6 is 10.7 Å². The second kappa shape index (κ2) is 5.87. The van der Waals surface area contributed by atoms with E-state index in [1.54, 1.807) is 26.2 Å². The summed E-state index contributed by atoms with van der Waals surface area (Å²) in [5, 5.41) is 0.349. The van der Waals surface area contributed by atoms with E-state index in [0.717, 1.165) is 0 Å². The number of pyridine rings is 1. The van der Waals surface area contributed by atoms with Crippen LogP contribution in [0.4, 0.5) is 0 Å². The zero-order valence-electron chi connectivity index (χ0n) is 11.4. The Kier molecular flexibility index (Phi) is 4.34. The van der Waals surface area contributed by atoms with Crippen molar-refractivity contribution < 1.29 is 17.9 Å². The molecule has 6 nitrogen and oxygen atoms in total. The Morgan fingerprint density at radius 3 is 2.67 bits per heavy atom. The number of rotatable bonds is 4. The van der Waals surface area contributed by atoms with Crippen molar-refractivity contribution in [2.75, 3.05) is 20.7 Å². The molecule has 0 saturated carbocycles. The Hall–Kier alpha value is -1.86. The van der Waals surface area contributed by atoms with E-state index in [9.17, 15) is 13.2 Å². The van der Waals surface area contributed by atoms with Crippen LogP contribution < -0.4 is 4.74 Å². The van der Waals surface area contributed by atoms with Crippen molar-refractivity contribution in [3.8, 4) is 5.75 Å². The molecule has 1 aromatic carbocycles. The van der Waals surface area contributed by atoms with Gasteiger partial charge < -0.3 is 9.64 Å². The molecule has 112 valence electrons. The van der Waals surface area contributed by atoms with Gasteiger partial charge in [-0.15, -0.1) is 0 Å². The van der Waals surface area contributed by atoms with E-state index in [1.807, 2.05) is 0 Å². The highest BCUT2D eigenvalue weighted by Gasteiger charge is 2.17. The summed E-state index contributed by atoms with van der Waals surface area (Å²) in [6.07, 6.45) is 1.51. The Morgan fingerprint density at radius 2 is 2.05 bits per heavy atom. The SMILES string of the molecule is CN(C)C(=O)COc1ccc(S(=O)(=O)Cl)c2cccnc12. The lowest BCUT2D eigenvalue weighted by molar-refractivity contribution is -0.130. The first-order valence-corrected chi connectivity index (χ1v) is 8.27. The smallest absolute Gasteiger partial charge is 0.261 e. The molecule has 2 rings (SSSR count). The number of hydrogen-bond acceptors (Lipinski definition) is 5. The van der Waals surface area contributed by atoms with Gasteiger partial charge >= 0.3 is 0 Å². The van der Waals surface area contributed by atoms with Crippen molar-refractivity contribution in [1.82, 2.24) is 9.88 Å². The summed E-state index contributed by atoms with van der Waals surface area (Å²) >= 11 is 0. The minimum Gasteiger partial charge on any atom is -0.481 e. The maximum absolute atomic E-state index is 11.5. The molecule has 1 aromatic heterocycles. The normalized spacial score (nSPS) is 11.4. The molecule has 1 amide bonds. The average Bonchev–Trinajstić information content (AvgIpc) is 2.42. The van der Waals surface area contributed by atoms with Gasteiger partial charge in [-0.1, -0.05) is 0 Å². The highest BCUT2D eigenvalue weighted by atomic mass is 35.7. The summed E-state index contributed by atoms with van der Waals surface area (Å²) in [5.74, 6) is 0.109. The standard InChI is InChI=1S/C13H13ClN2O4S/c1-16(2)12(17)8-20-10-5-6-11(21(14,18)19)9-4-3-7-15-13(9)10/h3-7H,8H2,1-2H3. The lowest BCUT2D eigenvalue weighted by Crippen LogP contribution is -2.27. The number of amides is 1. The van der Waals surface area contributed by atoms with E-state index >= 15 is 0 Å². The number of hydrogen-bond donors (Lipinski definition) is 0. The van der Waals surface area contributed by atoms with E-state index in [0.29, 0.717) is 16.7 Å². The zero-order valence-corrected chi connectivity index (χ0v) is 13.0. The number of halogens is 1. The lowest BCUT2D eigenvalue weighted by atomic mass is 10.2. The third kappa shape index (κ3) is 3.43. The summed E-state index contributed by atoms with van der Waals surface area (Å²) in [4.78, 5) is 17.0. The first-order valence-electron chi connectivity index (χ1n) is 5.96. The van der Waals surface area contributed by atoms with Gasteiger partial charge in [0.05, 0.1) is 4.90 Å². The van der Waals surface area contributed by atoms with Crippen LogP contribution in [0.5, 0.6) is 5.75 Å². The molecule has 8 heteroatoms. The molecule has 0 fully saturated rings. The molecule has 1 heterocycles. The Balaban J connectivity index is 2.46. The van der Waals surface area contributed by atoms with Gasteiger partial charge in [-0.2, -0.15) is 0 Å². The second-order valence-corrected chi connectivity index (χ2v) is 7.01. The minimum atomic E-state index is -3.89. The molecule has 0 radical (unpaired) electrons. The predicted molar refractivity (Wildman–Crippen MR) is 79.0 cm³/mol. The topological polar surface area (TPSA) is 76.6 Å². The van der Waals surface area contributed by atoms with Gasteiger partial charge in [0.25, 0.3) is 15.0 Å². The van der Waals surface area contributed by atoms with Gasteiger partial charge in [-0.05, 0) is 24.3 Å². The Bertz CT molecular complexity index is 790. The molecular formula is C13H13ClN2O4S. The fourth-order valence-corrected chi connectivity index (χ4v) is 2.78. The number of ether oxygens (including phenoxy) is 1. The van der Waals surface area contributed by atoms with Crippen molar-refractivity contribution >= 4 is 36.5 Å². The molecule has 0 N–H and O–H groups in total. The summed E-state index contributed by atoms with van der Waals surface area (Å²) in [7, 11) is 4.74. The molecular weight excluding hydrogens is 316 g/mol. The van der Waals surface area contributed by atoms with Crippen LogP contribution in [0.15, 0.2) is 35.4 Å². The van der Waals surface area contributed by atoms with Crippen molar-refractivity contribution in [2.45, 2.75) is 4.90 Å². The number of benzene rings is 1. The fourth-order valence-electron chi connectivity index (χ4n) is 1.72. The third-order valence-corrected chi connectivity index (χ3v) is 4.19. The predicted octanol–water partition coefficient (Wildman–Crippen LogP) is 1.63. The zero-order chi connectivity index (χ0) is 15.6. The summed E-state index contributed by atoms with van der Waals surface area (Å²) in [6, 6.07) is 5.95. The first-order chi connectivity index (χ1) is 9.80. The largest absolute Gasteiger partial charge is 0.481 e. The minimum absolute atomic E-state index is 0.0430. The fraction of sp³-hybridized carbons (Fsp3) is 0.231. The molecule has 0 unspecified atom stereocenters. The Labute approximate surface area is 126 Å². The molecule has 0 aliphatic carbocycles. The van der Waals surface area contributed by atoms with E-state index in [2.05, 4.69) is 4.98 Å². The van der Waals surface area contributed by atoms with Gasteiger partial charge in [0.15, 0.2) is 6.61 Å². The lowest BCUT2D eigenvalue weighted by Gasteiger charge is -2.13. The second-order valence-electron chi connectivity index (χ2n) is 4.48. The van der Waals surface area contributed by atoms with Crippen LogP contribution in [-0.4, -0.2) is 44.9 Å².